The van der Waals surface area contributed by atoms with Gasteiger partial charge in [0.05, 0.1) is 10.7 Å². The standard InChI is InChI=1S/C13H20N2S/c1-13(2)7-11(13)12-15-10(8-16-12)6-9-4-3-5-14-9/h8-9,11,14H,3-7H2,1-2H3. The largest absolute Gasteiger partial charge is 0.314 e. The highest BCUT2D eigenvalue weighted by Gasteiger charge is 2.48. The van der Waals surface area contributed by atoms with Crippen LogP contribution in [0.2, 0.25) is 0 Å². The highest BCUT2D eigenvalue weighted by atomic mass is 32.1. The van der Waals surface area contributed by atoms with E-state index in [4.69, 9.17) is 4.98 Å². The fourth-order valence-electron chi connectivity index (χ4n) is 2.65. The molecule has 1 aliphatic carbocycles. The molecule has 2 heterocycles. The van der Waals surface area contributed by atoms with Crippen LogP contribution in [0, 0.1) is 5.41 Å². The number of thiazole rings is 1. The molecular weight excluding hydrogens is 216 g/mol. The van der Waals surface area contributed by atoms with Gasteiger partial charge in [-0.3, -0.25) is 0 Å². The highest BCUT2D eigenvalue weighted by molar-refractivity contribution is 7.09. The molecular formula is C13H20N2S. The predicted molar refractivity (Wildman–Crippen MR) is 68.0 cm³/mol. The van der Waals surface area contributed by atoms with E-state index >= 15 is 0 Å². The zero-order valence-electron chi connectivity index (χ0n) is 10.1. The maximum absolute atomic E-state index is 4.81. The van der Waals surface area contributed by atoms with Crippen LogP contribution in [0.4, 0.5) is 0 Å². The van der Waals surface area contributed by atoms with Gasteiger partial charge in [-0.15, -0.1) is 11.3 Å². The van der Waals surface area contributed by atoms with Crippen LogP contribution >= 0.6 is 11.3 Å². The van der Waals surface area contributed by atoms with Crippen molar-refractivity contribution in [3.05, 3.63) is 16.1 Å². The molecule has 0 amide bonds. The lowest BCUT2D eigenvalue weighted by molar-refractivity contribution is 0.592. The van der Waals surface area contributed by atoms with Crippen LogP contribution in [0.5, 0.6) is 0 Å². The Bertz CT molecular complexity index is 377. The molecule has 2 nitrogen and oxygen atoms in total. The summed E-state index contributed by atoms with van der Waals surface area (Å²) in [6.07, 6.45) is 5.10. The molecule has 0 bridgehead atoms. The Hall–Kier alpha value is -0.410. The molecule has 1 saturated carbocycles. The summed E-state index contributed by atoms with van der Waals surface area (Å²) >= 11 is 1.87. The normalized spacial score (nSPS) is 31.9. The molecule has 2 unspecified atom stereocenters. The highest BCUT2D eigenvalue weighted by Crippen LogP contribution is 2.59. The second-order valence-corrected chi connectivity index (χ2v) is 6.81. The fourth-order valence-corrected chi connectivity index (χ4v) is 3.79. The van der Waals surface area contributed by atoms with Crippen molar-refractivity contribution in [2.24, 2.45) is 5.41 Å². The molecule has 1 saturated heterocycles. The summed E-state index contributed by atoms with van der Waals surface area (Å²) in [6.45, 7) is 5.88. The number of nitrogens with zero attached hydrogens (tertiary/aromatic N) is 1. The van der Waals surface area contributed by atoms with E-state index in [1.807, 2.05) is 11.3 Å². The number of rotatable bonds is 3. The van der Waals surface area contributed by atoms with Gasteiger partial charge in [0.1, 0.15) is 0 Å². The molecule has 0 radical (unpaired) electrons. The third-order valence-electron chi connectivity index (χ3n) is 4.00. The lowest BCUT2D eigenvalue weighted by Crippen LogP contribution is -2.23. The van der Waals surface area contributed by atoms with Crippen LogP contribution in [0.25, 0.3) is 0 Å². The molecule has 3 rings (SSSR count). The van der Waals surface area contributed by atoms with Crippen molar-refractivity contribution in [2.75, 3.05) is 6.54 Å². The lowest BCUT2D eigenvalue weighted by Gasteiger charge is -2.06. The SMILES string of the molecule is CC1(C)CC1c1nc(CC2CCCN2)cs1. The van der Waals surface area contributed by atoms with Crippen LogP contribution < -0.4 is 5.32 Å². The minimum atomic E-state index is 0.515. The second-order valence-electron chi connectivity index (χ2n) is 5.92. The number of hydrogen-bond donors (Lipinski definition) is 1. The first kappa shape index (κ1) is 10.7. The molecule has 1 aliphatic heterocycles. The summed E-state index contributed by atoms with van der Waals surface area (Å²) in [5, 5.41) is 7.18. The Morgan fingerprint density at radius 3 is 3.00 bits per heavy atom. The van der Waals surface area contributed by atoms with Gasteiger partial charge in [-0.05, 0) is 31.2 Å². The van der Waals surface area contributed by atoms with E-state index in [1.54, 1.807) is 0 Å². The first-order chi connectivity index (χ1) is 7.65. The Morgan fingerprint density at radius 2 is 2.38 bits per heavy atom. The zero-order valence-corrected chi connectivity index (χ0v) is 10.9. The van der Waals surface area contributed by atoms with Crippen molar-refractivity contribution in [3.8, 4) is 0 Å². The summed E-state index contributed by atoms with van der Waals surface area (Å²) in [6, 6.07) is 0.683. The van der Waals surface area contributed by atoms with E-state index in [-0.39, 0.29) is 0 Å². The first-order valence-electron chi connectivity index (χ1n) is 6.33. The Morgan fingerprint density at radius 1 is 1.56 bits per heavy atom. The van der Waals surface area contributed by atoms with E-state index in [1.165, 1.54) is 36.5 Å². The maximum atomic E-state index is 4.81. The third kappa shape index (κ3) is 2.03. The maximum Gasteiger partial charge on any atom is 0.0964 e. The minimum absolute atomic E-state index is 0.515. The monoisotopic (exact) mass is 236 g/mol. The predicted octanol–water partition coefficient (Wildman–Crippen LogP) is 2.95. The van der Waals surface area contributed by atoms with Gasteiger partial charge in [0.15, 0.2) is 0 Å². The lowest BCUT2D eigenvalue weighted by atomic mass is 10.1. The molecule has 1 aromatic heterocycles. The number of aromatic nitrogens is 1. The Balaban J connectivity index is 1.64. The van der Waals surface area contributed by atoms with Crippen molar-refractivity contribution in [2.45, 2.75) is 51.5 Å². The van der Waals surface area contributed by atoms with Crippen molar-refractivity contribution >= 4 is 11.3 Å². The molecule has 2 atom stereocenters. The van der Waals surface area contributed by atoms with Crippen LogP contribution in [0.15, 0.2) is 5.38 Å². The van der Waals surface area contributed by atoms with Crippen LogP contribution in [-0.2, 0) is 6.42 Å². The second kappa shape index (κ2) is 3.81. The van der Waals surface area contributed by atoms with E-state index in [0.717, 1.165) is 12.3 Å². The summed E-state index contributed by atoms with van der Waals surface area (Å²) in [5.41, 5.74) is 1.82. The van der Waals surface area contributed by atoms with Crippen molar-refractivity contribution < 1.29 is 0 Å². The molecule has 88 valence electrons. The van der Waals surface area contributed by atoms with Gasteiger partial charge in [0.25, 0.3) is 0 Å². The zero-order chi connectivity index (χ0) is 11.2. The van der Waals surface area contributed by atoms with Crippen LogP contribution in [0.1, 0.15) is 49.7 Å². The smallest absolute Gasteiger partial charge is 0.0964 e. The average molecular weight is 236 g/mol. The molecule has 2 aliphatic rings. The van der Waals surface area contributed by atoms with Gasteiger partial charge in [-0.25, -0.2) is 4.98 Å². The Kier molecular flexibility index (Phi) is 2.55. The van der Waals surface area contributed by atoms with Gasteiger partial charge in [-0.2, -0.15) is 0 Å². The Labute approximate surface area is 101 Å². The van der Waals surface area contributed by atoms with E-state index in [9.17, 15) is 0 Å². The molecule has 3 heteroatoms. The van der Waals surface area contributed by atoms with E-state index < -0.39 is 0 Å². The van der Waals surface area contributed by atoms with Gasteiger partial charge in [-0.1, -0.05) is 13.8 Å². The first-order valence-corrected chi connectivity index (χ1v) is 7.21. The van der Waals surface area contributed by atoms with Gasteiger partial charge >= 0.3 is 0 Å². The summed E-state index contributed by atoms with van der Waals surface area (Å²) in [5.74, 6) is 0.739. The quantitative estimate of drug-likeness (QED) is 0.873. The average Bonchev–Trinajstić information content (AvgIpc) is 2.70. The van der Waals surface area contributed by atoms with Gasteiger partial charge in [0, 0.05) is 23.8 Å². The number of nitrogens with one attached hydrogen (secondary N) is 1. The fraction of sp³-hybridized carbons (Fsp3) is 0.769. The molecule has 1 aromatic rings. The minimum Gasteiger partial charge on any atom is -0.314 e. The van der Waals surface area contributed by atoms with Crippen LogP contribution in [-0.4, -0.2) is 17.6 Å². The topological polar surface area (TPSA) is 24.9 Å². The summed E-state index contributed by atoms with van der Waals surface area (Å²) in [4.78, 5) is 4.81. The molecule has 2 fully saturated rings. The van der Waals surface area contributed by atoms with Gasteiger partial charge < -0.3 is 5.32 Å². The molecule has 0 aromatic carbocycles. The van der Waals surface area contributed by atoms with Crippen molar-refractivity contribution in [1.82, 2.24) is 10.3 Å². The van der Waals surface area contributed by atoms with E-state index in [0.29, 0.717) is 11.5 Å². The summed E-state index contributed by atoms with van der Waals surface area (Å²) in [7, 11) is 0. The van der Waals surface area contributed by atoms with Crippen molar-refractivity contribution in [3.63, 3.8) is 0 Å². The van der Waals surface area contributed by atoms with E-state index in [2.05, 4.69) is 24.5 Å². The molecule has 16 heavy (non-hydrogen) atoms. The number of hydrogen-bond acceptors (Lipinski definition) is 3. The van der Waals surface area contributed by atoms with Crippen molar-refractivity contribution in [1.29, 1.82) is 0 Å². The summed E-state index contributed by atoms with van der Waals surface area (Å²) < 4.78 is 0. The van der Waals surface area contributed by atoms with Crippen LogP contribution in [0.3, 0.4) is 0 Å². The molecule has 1 N–H and O–H groups in total. The van der Waals surface area contributed by atoms with Gasteiger partial charge in [0.2, 0.25) is 0 Å². The third-order valence-corrected chi connectivity index (χ3v) is 5.01. The molecule has 0 spiro atoms.